The van der Waals surface area contributed by atoms with Crippen LogP contribution in [0.25, 0.3) is 5.70 Å². The maximum atomic E-state index is 11.8. The molecule has 0 N–H and O–H groups in total. The van der Waals surface area contributed by atoms with Gasteiger partial charge in [0.1, 0.15) is 5.70 Å². The number of fused-ring (bicyclic) bond motifs is 1. The van der Waals surface area contributed by atoms with Gasteiger partial charge in [-0.25, -0.2) is 4.99 Å². The zero-order valence-corrected chi connectivity index (χ0v) is 8.44. The molecule has 0 aliphatic carbocycles. The highest BCUT2D eigenvalue weighted by atomic mass is 16.1. The maximum absolute atomic E-state index is 11.8. The average Bonchev–Trinajstić information content (AvgIpc) is 2.82. The van der Waals surface area contributed by atoms with Gasteiger partial charge in [0.2, 0.25) is 0 Å². The van der Waals surface area contributed by atoms with Gasteiger partial charge in [0.05, 0.1) is 5.36 Å². The Balaban J connectivity index is 2.22. The molecule has 15 heavy (non-hydrogen) atoms. The Morgan fingerprint density at radius 2 is 1.87 bits per heavy atom. The van der Waals surface area contributed by atoms with E-state index in [2.05, 4.69) is 9.89 Å². The zero-order valence-electron chi connectivity index (χ0n) is 8.44. The number of para-hydroxylation sites is 1. The first-order valence-electron chi connectivity index (χ1n) is 5.33. The van der Waals surface area contributed by atoms with Crippen molar-refractivity contribution >= 4 is 11.6 Å². The number of amides is 1. The van der Waals surface area contributed by atoms with E-state index in [1.807, 2.05) is 24.3 Å². The van der Waals surface area contributed by atoms with Crippen LogP contribution in [0.5, 0.6) is 0 Å². The highest BCUT2D eigenvalue weighted by Gasteiger charge is 2.24. The number of hydrogen-bond donors (Lipinski definition) is 0. The summed E-state index contributed by atoms with van der Waals surface area (Å²) in [5, 5.41) is 1.83. The van der Waals surface area contributed by atoms with Crippen molar-refractivity contribution < 1.29 is 4.79 Å². The molecular weight excluding hydrogens is 188 g/mol. The molecule has 0 atom stereocenters. The van der Waals surface area contributed by atoms with Crippen molar-refractivity contribution in [2.24, 2.45) is 4.99 Å². The van der Waals surface area contributed by atoms with E-state index < -0.39 is 0 Å². The van der Waals surface area contributed by atoms with Gasteiger partial charge in [0, 0.05) is 18.3 Å². The lowest BCUT2D eigenvalue weighted by Crippen LogP contribution is -2.30. The van der Waals surface area contributed by atoms with Gasteiger partial charge in [-0.2, -0.15) is 0 Å². The molecular formula is C12H12N2O. The summed E-state index contributed by atoms with van der Waals surface area (Å²) in [4.78, 5) is 18.0. The normalized spacial score (nSPS) is 19.3. The highest BCUT2D eigenvalue weighted by Crippen LogP contribution is 2.16. The van der Waals surface area contributed by atoms with Crippen LogP contribution in [0.3, 0.4) is 0 Å². The van der Waals surface area contributed by atoms with Crippen LogP contribution >= 0.6 is 0 Å². The molecule has 0 saturated carbocycles. The third-order valence-corrected chi connectivity index (χ3v) is 3.01. The molecule has 76 valence electrons. The standard InChI is InChI=1S/C12H12N2O/c15-12-11(14-7-3-4-8-14)9-5-1-2-6-10(9)13-12/h1-2,5-6H,3-4,7-8H2. The maximum Gasteiger partial charge on any atom is 0.294 e. The topological polar surface area (TPSA) is 32.7 Å². The summed E-state index contributed by atoms with van der Waals surface area (Å²) >= 11 is 0. The quantitative estimate of drug-likeness (QED) is 0.641. The molecule has 1 aromatic rings. The predicted molar refractivity (Wildman–Crippen MR) is 56.4 cm³/mol. The molecule has 3 heteroatoms. The van der Waals surface area contributed by atoms with Crippen molar-refractivity contribution in [3.8, 4) is 0 Å². The molecule has 3 nitrogen and oxygen atoms in total. The smallest absolute Gasteiger partial charge is 0.294 e. The Bertz CT molecular complexity index is 527. The van der Waals surface area contributed by atoms with Gasteiger partial charge in [-0.15, -0.1) is 0 Å². The van der Waals surface area contributed by atoms with E-state index in [0.29, 0.717) is 0 Å². The first kappa shape index (κ1) is 8.65. The summed E-state index contributed by atoms with van der Waals surface area (Å²) in [5.74, 6) is -0.0712. The van der Waals surface area contributed by atoms with Crippen molar-refractivity contribution in [1.82, 2.24) is 4.90 Å². The van der Waals surface area contributed by atoms with Crippen LogP contribution in [0.4, 0.5) is 0 Å². The van der Waals surface area contributed by atoms with Gasteiger partial charge < -0.3 is 4.90 Å². The van der Waals surface area contributed by atoms with E-state index >= 15 is 0 Å². The van der Waals surface area contributed by atoms with Crippen LogP contribution in [-0.4, -0.2) is 23.9 Å². The predicted octanol–water partition coefficient (Wildman–Crippen LogP) is 0.0504. The molecule has 2 heterocycles. The monoisotopic (exact) mass is 200 g/mol. The minimum atomic E-state index is -0.0712. The molecule has 0 spiro atoms. The second-order valence-corrected chi connectivity index (χ2v) is 3.98. The minimum Gasteiger partial charge on any atom is -0.366 e. The number of carbonyl (C=O) groups excluding carboxylic acids is 1. The number of hydrogen-bond acceptors (Lipinski definition) is 2. The molecule has 1 fully saturated rings. The molecule has 1 aromatic carbocycles. The SMILES string of the molecule is O=C1N=c2ccccc2=C1N1CCCC1. The van der Waals surface area contributed by atoms with Crippen LogP contribution in [0, 0.1) is 0 Å². The van der Waals surface area contributed by atoms with E-state index in [1.165, 1.54) is 12.8 Å². The van der Waals surface area contributed by atoms with E-state index in [1.54, 1.807) is 0 Å². The Labute approximate surface area is 87.7 Å². The van der Waals surface area contributed by atoms with Crippen molar-refractivity contribution in [2.75, 3.05) is 13.1 Å². The second-order valence-electron chi connectivity index (χ2n) is 3.98. The van der Waals surface area contributed by atoms with Gasteiger partial charge in [-0.1, -0.05) is 18.2 Å². The average molecular weight is 200 g/mol. The molecule has 0 aromatic heterocycles. The fourth-order valence-electron chi connectivity index (χ4n) is 2.30. The number of rotatable bonds is 1. The molecule has 2 aliphatic heterocycles. The Morgan fingerprint density at radius 1 is 1.13 bits per heavy atom. The lowest BCUT2D eigenvalue weighted by atomic mass is 10.2. The van der Waals surface area contributed by atoms with Gasteiger partial charge >= 0.3 is 0 Å². The molecule has 0 radical (unpaired) electrons. The van der Waals surface area contributed by atoms with Gasteiger partial charge in [0.15, 0.2) is 0 Å². The van der Waals surface area contributed by atoms with Crippen molar-refractivity contribution in [3.05, 3.63) is 34.8 Å². The highest BCUT2D eigenvalue weighted by molar-refractivity contribution is 6.14. The zero-order chi connectivity index (χ0) is 10.3. The van der Waals surface area contributed by atoms with E-state index in [-0.39, 0.29) is 5.91 Å². The van der Waals surface area contributed by atoms with Crippen molar-refractivity contribution in [1.29, 1.82) is 0 Å². The number of likely N-dealkylation sites (tertiary alicyclic amines) is 1. The molecule has 3 rings (SSSR count). The first-order valence-corrected chi connectivity index (χ1v) is 5.33. The van der Waals surface area contributed by atoms with Crippen LogP contribution in [-0.2, 0) is 4.79 Å². The van der Waals surface area contributed by atoms with E-state index in [4.69, 9.17) is 0 Å². The molecule has 0 unspecified atom stereocenters. The summed E-state index contributed by atoms with van der Waals surface area (Å²) in [7, 11) is 0. The van der Waals surface area contributed by atoms with E-state index in [9.17, 15) is 4.79 Å². The van der Waals surface area contributed by atoms with Crippen LogP contribution in [0.2, 0.25) is 0 Å². The fraction of sp³-hybridized carbons (Fsp3) is 0.333. The molecule has 2 aliphatic rings. The number of benzene rings is 1. The summed E-state index contributed by atoms with van der Waals surface area (Å²) in [6.45, 7) is 1.98. The van der Waals surface area contributed by atoms with E-state index in [0.717, 1.165) is 29.4 Å². The van der Waals surface area contributed by atoms with Crippen LogP contribution < -0.4 is 10.6 Å². The summed E-state index contributed by atoms with van der Waals surface area (Å²) in [6, 6.07) is 7.76. The largest absolute Gasteiger partial charge is 0.366 e. The number of nitrogens with zero attached hydrogens (tertiary/aromatic N) is 2. The van der Waals surface area contributed by atoms with Crippen molar-refractivity contribution in [3.63, 3.8) is 0 Å². The van der Waals surface area contributed by atoms with Gasteiger partial charge in [-0.3, -0.25) is 4.79 Å². The van der Waals surface area contributed by atoms with Gasteiger partial charge in [0.25, 0.3) is 5.91 Å². The molecule has 1 saturated heterocycles. The Morgan fingerprint density at radius 3 is 2.67 bits per heavy atom. The fourth-order valence-corrected chi connectivity index (χ4v) is 2.30. The van der Waals surface area contributed by atoms with Crippen molar-refractivity contribution in [2.45, 2.75) is 12.8 Å². The lowest BCUT2D eigenvalue weighted by molar-refractivity contribution is -0.113. The third-order valence-electron chi connectivity index (χ3n) is 3.01. The third kappa shape index (κ3) is 1.27. The second kappa shape index (κ2) is 3.19. The Kier molecular flexibility index (Phi) is 1.84. The number of carbonyl (C=O) groups is 1. The summed E-state index contributed by atoms with van der Waals surface area (Å²) in [6.07, 6.45) is 2.36. The Hall–Kier alpha value is -1.64. The first-order chi connectivity index (χ1) is 7.36. The minimum absolute atomic E-state index is 0.0712. The lowest BCUT2D eigenvalue weighted by Gasteiger charge is -2.16. The van der Waals surface area contributed by atoms with Crippen LogP contribution in [0.15, 0.2) is 29.3 Å². The van der Waals surface area contributed by atoms with Crippen LogP contribution in [0.1, 0.15) is 12.8 Å². The molecule has 0 bridgehead atoms. The molecule has 1 amide bonds. The summed E-state index contributed by atoms with van der Waals surface area (Å²) < 4.78 is 0. The van der Waals surface area contributed by atoms with Gasteiger partial charge in [-0.05, 0) is 18.9 Å². The summed E-state index contributed by atoms with van der Waals surface area (Å²) in [5.41, 5.74) is 0.808.